The fraction of sp³-hybridized carbons (Fsp3) is 0.500. The highest BCUT2D eigenvalue weighted by molar-refractivity contribution is 6.17. The molecule has 1 amide bonds. The Morgan fingerprint density at radius 2 is 2.37 bits per heavy atom. The molecule has 2 rings (SSSR count). The molecule has 1 unspecified atom stereocenters. The Balaban J connectivity index is 2.08. The van der Waals surface area contributed by atoms with Crippen molar-refractivity contribution in [2.24, 2.45) is 5.92 Å². The molecular weight excluding hydrogens is 269 g/mol. The Labute approximate surface area is 117 Å². The summed E-state index contributed by atoms with van der Waals surface area (Å²) in [4.78, 5) is 13.9. The Bertz CT molecular complexity index is 467. The van der Waals surface area contributed by atoms with Crippen molar-refractivity contribution in [3.63, 3.8) is 0 Å². The van der Waals surface area contributed by atoms with Gasteiger partial charge < -0.3 is 9.64 Å². The first-order chi connectivity index (χ1) is 9.15. The van der Waals surface area contributed by atoms with Crippen LogP contribution in [0, 0.1) is 11.7 Å². The highest BCUT2D eigenvalue weighted by Gasteiger charge is 2.27. The first kappa shape index (κ1) is 14.1. The molecule has 0 N–H and O–H groups in total. The van der Waals surface area contributed by atoms with Crippen molar-refractivity contribution in [2.45, 2.75) is 12.8 Å². The third kappa shape index (κ3) is 3.18. The SMILES string of the molecule is COc1ccc(C(=O)N2CCC(CCCl)C2)c(F)c1. The summed E-state index contributed by atoms with van der Waals surface area (Å²) in [7, 11) is 1.47. The lowest BCUT2D eigenvalue weighted by Gasteiger charge is -2.17. The van der Waals surface area contributed by atoms with Gasteiger partial charge in [-0.25, -0.2) is 4.39 Å². The number of benzene rings is 1. The van der Waals surface area contributed by atoms with Crippen molar-refractivity contribution in [1.82, 2.24) is 4.90 Å². The third-order valence-corrected chi connectivity index (χ3v) is 3.72. The topological polar surface area (TPSA) is 29.5 Å². The predicted octanol–water partition coefficient (Wildman–Crippen LogP) is 2.93. The first-order valence-electron chi connectivity index (χ1n) is 6.34. The van der Waals surface area contributed by atoms with E-state index < -0.39 is 5.82 Å². The molecular formula is C14H17ClFNO2. The van der Waals surface area contributed by atoms with Crippen LogP contribution in [0.1, 0.15) is 23.2 Å². The number of alkyl halides is 1. The van der Waals surface area contributed by atoms with Crippen molar-refractivity contribution in [3.8, 4) is 5.75 Å². The van der Waals surface area contributed by atoms with Gasteiger partial charge in [0.05, 0.1) is 12.7 Å². The van der Waals surface area contributed by atoms with E-state index in [9.17, 15) is 9.18 Å². The van der Waals surface area contributed by atoms with Gasteiger partial charge in [0.25, 0.3) is 5.91 Å². The maximum Gasteiger partial charge on any atom is 0.256 e. The highest BCUT2D eigenvalue weighted by Crippen LogP contribution is 2.24. The number of carbonyl (C=O) groups excluding carboxylic acids is 1. The minimum absolute atomic E-state index is 0.104. The van der Waals surface area contributed by atoms with Crippen LogP contribution in [-0.2, 0) is 0 Å². The molecule has 1 aromatic rings. The molecule has 1 fully saturated rings. The molecule has 1 aromatic carbocycles. The summed E-state index contributed by atoms with van der Waals surface area (Å²) in [5.74, 6) is 0.657. The number of likely N-dealkylation sites (tertiary alicyclic amines) is 1. The van der Waals surface area contributed by atoms with Gasteiger partial charge in [0.1, 0.15) is 11.6 Å². The lowest BCUT2D eigenvalue weighted by Crippen LogP contribution is -2.29. The van der Waals surface area contributed by atoms with Crippen LogP contribution in [0.15, 0.2) is 18.2 Å². The fourth-order valence-electron chi connectivity index (χ4n) is 2.37. The van der Waals surface area contributed by atoms with E-state index in [1.165, 1.54) is 19.2 Å². The number of ether oxygens (including phenoxy) is 1. The van der Waals surface area contributed by atoms with Gasteiger partial charge in [-0.2, -0.15) is 0 Å². The predicted molar refractivity (Wildman–Crippen MR) is 72.3 cm³/mol. The third-order valence-electron chi connectivity index (χ3n) is 3.50. The van der Waals surface area contributed by atoms with Crippen LogP contribution >= 0.6 is 11.6 Å². The fourth-order valence-corrected chi connectivity index (χ4v) is 2.68. The number of hydrogen-bond donors (Lipinski definition) is 0. The Morgan fingerprint density at radius 3 is 3.00 bits per heavy atom. The van der Waals surface area contributed by atoms with E-state index in [0.29, 0.717) is 30.6 Å². The van der Waals surface area contributed by atoms with E-state index in [1.807, 2.05) is 0 Å². The van der Waals surface area contributed by atoms with Crippen LogP contribution in [0.5, 0.6) is 5.75 Å². The Kier molecular flexibility index (Phi) is 4.64. The molecule has 1 saturated heterocycles. The molecule has 0 spiro atoms. The van der Waals surface area contributed by atoms with E-state index >= 15 is 0 Å². The second-order valence-electron chi connectivity index (χ2n) is 4.73. The Morgan fingerprint density at radius 1 is 1.58 bits per heavy atom. The summed E-state index contributed by atoms with van der Waals surface area (Å²) in [6, 6.07) is 4.31. The summed E-state index contributed by atoms with van der Waals surface area (Å²) < 4.78 is 18.8. The lowest BCUT2D eigenvalue weighted by molar-refractivity contribution is 0.0782. The molecule has 104 valence electrons. The summed E-state index contributed by atoms with van der Waals surface area (Å²) in [6.45, 7) is 1.34. The van der Waals surface area contributed by atoms with E-state index in [-0.39, 0.29) is 11.5 Å². The lowest BCUT2D eigenvalue weighted by atomic mass is 10.1. The van der Waals surface area contributed by atoms with Gasteiger partial charge in [-0.3, -0.25) is 4.79 Å². The van der Waals surface area contributed by atoms with Crippen LogP contribution in [0.25, 0.3) is 0 Å². The molecule has 1 atom stereocenters. The van der Waals surface area contributed by atoms with Gasteiger partial charge in [-0.05, 0) is 30.9 Å². The van der Waals surface area contributed by atoms with E-state index in [4.69, 9.17) is 16.3 Å². The number of halogens is 2. The van der Waals surface area contributed by atoms with E-state index in [2.05, 4.69) is 0 Å². The molecule has 0 aliphatic carbocycles. The number of nitrogens with zero attached hydrogens (tertiary/aromatic N) is 1. The number of amides is 1. The zero-order chi connectivity index (χ0) is 13.8. The summed E-state index contributed by atoms with van der Waals surface area (Å²) in [5.41, 5.74) is 0.104. The van der Waals surface area contributed by atoms with Crippen molar-refractivity contribution in [1.29, 1.82) is 0 Å². The first-order valence-corrected chi connectivity index (χ1v) is 6.88. The van der Waals surface area contributed by atoms with Crippen molar-refractivity contribution >= 4 is 17.5 Å². The second-order valence-corrected chi connectivity index (χ2v) is 5.11. The van der Waals surface area contributed by atoms with Crippen LogP contribution in [0.4, 0.5) is 4.39 Å². The van der Waals surface area contributed by atoms with Gasteiger partial charge in [0.2, 0.25) is 0 Å². The quantitative estimate of drug-likeness (QED) is 0.796. The number of rotatable bonds is 4. The van der Waals surface area contributed by atoms with Crippen molar-refractivity contribution in [2.75, 3.05) is 26.1 Å². The average Bonchev–Trinajstić information content (AvgIpc) is 2.87. The zero-order valence-electron chi connectivity index (χ0n) is 10.9. The average molecular weight is 286 g/mol. The normalized spacial score (nSPS) is 18.7. The van der Waals surface area contributed by atoms with Crippen LogP contribution < -0.4 is 4.74 Å². The number of hydrogen-bond acceptors (Lipinski definition) is 2. The zero-order valence-corrected chi connectivity index (χ0v) is 11.6. The largest absolute Gasteiger partial charge is 0.497 e. The van der Waals surface area contributed by atoms with Crippen molar-refractivity contribution < 1.29 is 13.9 Å². The van der Waals surface area contributed by atoms with Crippen LogP contribution in [0.3, 0.4) is 0 Å². The standard InChI is InChI=1S/C14H17ClFNO2/c1-19-11-2-3-12(13(16)8-11)14(18)17-7-5-10(9-17)4-6-15/h2-3,8,10H,4-7,9H2,1H3. The van der Waals surface area contributed by atoms with Gasteiger partial charge in [0.15, 0.2) is 0 Å². The molecule has 3 nitrogen and oxygen atoms in total. The molecule has 0 saturated carbocycles. The molecule has 1 heterocycles. The van der Waals surface area contributed by atoms with Crippen LogP contribution in [-0.4, -0.2) is 36.9 Å². The maximum atomic E-state index is 13.8. The second kappa shape index (κ2) is 6.24. The van der Waals surface area contributed by atoms with E-state index in [1.54, 1.807) is 11.0 Å². The summed E-state index contributed by atoms with van der Waals surface area (Å²) in [5, 5.41) is 0. The smallest absolute Gasteiger partial charge is 0.256 e. The minimum Gasteiger partial charge on any atom is -0.497 e. The molecule has 0 aromatic heterocycles. The maximum absolute atomic E-state index is 13.8. The molecule has 0 bridgehead atoms. The molecule has 0 radical (unpaired) electrons. The van der Waals surface area contributed by atoms with Gasteiger partial charge in [0, 0.05) is 25.0 Å². The monoisotopic (exact) mass is 285 g/mol. The Hall–Kier alpha value is -1.29. The minimum atomic E-state index is -0.537. The summed E-state index contributed by atoms with van der Waals surface area (Å²) >= 11 is 5.71. The van der Waals surface area contributed by atoms with Gasteiger partial charge >= 0.3 is 0 Å². The van der Waals surface area contributed by atoms with E-state index in [0.717, 1.165) is 12.8 Å². The van der Waals surface area contributed by atoms with Gasteiger partial charge in [-0.1, -0.05) is 0 Å². The number of methoxy groups -OCH3 is 1. The van der Waals surface area contributed by atoms with Gasteiger partial charge in [-0.15, -0.1) is 11.6 Å². The molecule has 1 aliphatic rings. The van der Waals surface area contributed by atoms with Crippen molar-refractivity contribution in [3.05, 3.63) is 29.6 Å². The number of carbonyl (C=O) groups is 1. The summed E-state index contributed by atoms with van der Waals surface area (Å²) in [6.07, 6.45) is 1.84. The van der Waals surface area contributed by atoms with Crippen LogP contribution in [0.2, 0.25) is 0 Å². The highest BCUT2D eigenvalue weighted by atomic mass is 35.5. The molecule has 1 aliphatic heterocycles. The molecule has 5 heteroatoms. The molecule has 19 heavy (non-hydrogen) atoms.